The molecule has 4 nitrogen and oxygen atoms in total. The van der Waals surface area contributed by atoms with Gasteiger partial charge in [-0.15, -0.1) is 36.2 Å². The largest absolute Gasteiger partial charge is 0.337 e. The summed E-state index contributed by atoms with van der Waals surface area (Å²) >= 11 is 1.43. The summed E-state index contributed by atoms with van der Waals surface area (Å²) in [6.45, 7) is 3.77. The number of carbonyl (C=O) groups excluding carboxylic acids is 1. The summed E-state index contributed by atoms with van der Waals surface area (Å²) in [4.78, 5) is 19.2. The van der Waals surface area contributed by atoms with Gasteiger partial charge in [0.2, 0.25) is 0 Å². The molecule has 148 valence electrons. The lowest BCUT2D eigenvalue weighted by Crippen LogP contribution is -2.33. The maximum absolute atomic E-state index is 13.8. The number of carbonyl (C=O) groups is 1. The van der Waals surface area contributed by atoms with Crippen LogP contribution in [0.4, 0.5) is 4.39 Å². The van der Waals surface area contributed by atoms with Crippen LogP contribution in [-0.2, 0) is 6.42 Å². The van der Waals surface area contributed by atoms with Gasteiger partial charge < -0.3 is 10.2 Å². The number of halogens is 3. The molecular weight excluding hydrogens is 408 g/mol. The molecule has 27 heavy (non-hydrogen) atoms. The normalized spacial score (nSPS) is 21.6. The Morgan fingerprint density at radius 2 is 1.85 bits per heavy atom. The summed E-state index contributed by atoms with van der Waals surface area (Å²) in [6.07, 6.45) is 2.56. The summed E-state index contributed by atoms with van der Waals surface area (Å²) in [5, 5.41) is 6.05. The standard InChI is InChI=1S/C19H22FN3OS.2ClH/c20-16-4-2-1-3-13(16)9-18-22-17(12-25-18)19(24)23-7-5-14-10-21-11-15(14)6-8-23;;/h1-4,12,14-15,21H,5-11H2;2*1H/t14-,15+;;. The van der Waals surface area contributed by atoms with Gasteiger partial charge in [-0.3, -0.25) is 4.79 Å². The number of amides is 1. The molecular formula is C19H24Cl2FN3OS. The molecule has 8 heteroatoms. The fourth-order valence-corrected chi connectivity index (χ4v) is 4.67. The molecule has 2 saturated heterocycles. The van der Waals surface area contributed by atoms with Gasteiger partial charge in [-0.1, -0.05) is 18.2 Å². The molecule has 0 radical (unpaired) electrons. The highest BCUT2D eigenvalue weighted by Gasteiger charge is 2.32. The van der Waals surface area contributed by atoms with Crippen molar-refractivity contribution >= 4 is 42.1 Å². The van der Waals surface area contributed by atoms with Crippen LogP contribution in [0.15, 0.2) is 29.6 Å². The van der Waals surface area contributed by atoms with Gasteiger partial charge >= 0.3 is 0 Å². The minimum Gasteiger partial charge on any atom is -0.337 e. The Balaban J connectivity index is 0.00000131. The molecule has 1 aromatic carbocycles. The minimum absolute atomic E-state index is 0. The molecule has 2 aliphatic heterocycles. The van der Waals surface area contributed by atoms with Crippen molar-refractivity contribution in [2.24, 2.45) is 11.8 Å². The van der Waals surface area contributed by atoms with Gasteiger partial charge in [-0.05, 0) is 49.4 Å². The van der Waals surface area contributed by atoms with Gasteiger partial charge in [0.1, 0.15) is 11.5 Å². The Bertz CT molecular complexity index is 759. The first-order valence-corrected chi connectivity index (χ1v) is 9.76. The van der Waals surface area contributed by atoms with Crippen molar-refractivity contribution in [3.8, 4) is 0 Å². The Morgan fingerprint density at radius 3 is 2.52 bits per heavy atom. The lowest BCUT2D eigenvalue weighted by atomic mass is 9.92. The van der Waals surface area contributed by atoms with E-state index in [-0.39, 0.29) is 36.5 Å². The van der Waals surface area contributed by atoms with Crippen molar-refractivity contribution in [2.75, 3.05) is 26.2 Å². The van der Waals surface area contributed by atoms with Gasteiger partial charge in [0.15, 0.2) is 0 Å². The highest BCUT2D eigenvalue weighted by Crippen LogP contribution is 2.28. The van der Waals surface area contributed by atoms with Crippen LogP contribution in [0.5, 0.6) is 0 Å². The molecule has 0 bridgehead atoms. The van der Waals surface area contributed by atoms with E-state index in [0.29, 0.717) is 29.5 Å². The maximum Gasteiger partial charge on any atom is 0.273 e. The highest BCUT2D eigenvalue weighted by molar-refractivity contribution is 7.09. The zero-order chi connectivity index (χ0) is 17.2. The van der Waals surface area contributed by atoms with Crippen LogP contribution >= 0.6 is 36.2 Å². The third-order valence-electron chi connectivity index (χ3n) is 5.38. The van der Waals surface area contributed by atoms with E-state index in [4.69, 9.17) is 0 Å². The third kappa shape index (κ3) is 4.99. The summed E-state index contributed by atoms with van der Waals surface area (Å²) in [7, 11) is 0. The predicted octanol–water partition coefficient (Wildman–Crippen LogP) is 3.79. The van der Waals surface area contributed by atoms with E-state index < -0.39 is 0 Å². The summed E-state index contributed by atoms with van der Waals surface area (Å²) < 4.78 is 13.8. The Labute approximate surface area is 175 Å². The lowest BCUT2D eigenvalue weighted by Gasteiger charge is -2.19. The molecule has 4 rings (SSSR count). The monoisotopic (exact) mass is 431 g/mol. The van der Waals surface area contributed by atoms with Crippen molar-refractivity contribution in [1.29, 1.82) is 0 Å². The molecule has 1 aromatic heterocycles. The quantitative estimate of drug-likeness (QED) is 0.803. The van der Waals surface area contributed by atoms with Crippen molar-refractivity contribution in [3.05, 3.63) is 51.7 Å². The summed E-state index contributed by atoms with van der Waals surface area (Å²) in [5.41, 5.74) is 1.12. The molecule has 2 atom stereocenters. The first kappa shape index (κ1) is 22.1. The Morgan fingerprint density at radius 1 is 1.19 bits per heavy atom. The van der Waals surface area contributed by atoms with Crippen molar-refractivity contribution in [1.82, 2.24) is 15.2 Å². The van der Waals surface area contributed by atoms with Gasteiger partial charge in [0.25, 0.3) is 5.91 Å². The van der Waals surface area contributed by atoms with E-state index >= 15 is 0 Å². The average Bonchev–Trinajstić information content (AvgIpc) is 3.22. The molecule has 1 amide bonds. The highest BCUT2D eigenvalue weighted by atomic mass is 35.5. The number of benzene rings is 1. The van der Waals surface area contributed by atoms with E-state index in [0.717, 1.165) is 44.0 Å². The van der Waals surface area contributed by atoms with E-state index in [9.17, 15) is 9.18 Å². The number of rotatable bonds is 3. The average molecular weight is 432 g/mol. The second-order valence-corrected chi connectivity index (χ2v) is 7.89. The number of thiazole rings is 1. The minimum atomic E-state index is -0.224. The number of likely N-dealkylation sites (tertiary alicyclic amines) is 1. The molecule has 2 aliphatic rings. The number of hydrogen-bond donors (Lipinski definition) is 1. The van der Waals surface area contributed by atoms with Crippen LogP contribution in [0.3, 0.4) is 0 Å². The first-order valence-electron chi connectivity index (χ1n) is 8.88. The zero-order valence-corrected chi connectivity index (χ0v) is 17.3. The molecule has 0 spiro atoms. The van der Waals surface area contributed by atoms with Crippen molar-refractivity contribution in [2.45, 2.75) is 19.3 Å². The Kier molecular flexibility index (Phi) is 8.04. The third-order valence-corrected chi connectivity index (χ3v) is 6.23. The topological polar surface area (TPSA) is 45.2 Å². The summed E-state index contributed by atoms with van der Waals surface area (Å²) in [5.74, 6) is 1.19. The fourth-order valence-electron chi connectivity index (χ4n) is 3.88. The SMILES string of the molecule is Cl.Cl.O=C(c1csc(Cc2ccccc2F)n1)N1CC[C@@H]2CNC[C@@H]2CC1. The van der Waals surface area contributed by atoms with E-state index in [1.807, 2.05) is 16.3 Å². The second kappa shape index (κ2) is 9.82. The van der Waals surface area contributed by atoms with E-state index in [2.05, 4.69) is 10.3 Å². The van der Waals surface area contributed by atoms with Crippen LogP contribution in [0.25, 0.3) is 0 Å². The molecule has 1 N–H and O–H groups in total. The van der Waals surface area contributed by atoms with Gasteiger partial charge in [-0.25, -0.2) is 9.37 Å². The molecule has 0 saturated carbocycles. The van der Waals surface area contributed by atoms with Gasteiger partial charge in [0, 0.05) is 24.9 Å². The maximum atomic E-state index is 13.8. The molecule has 2 fully saturated rings. The molecule has 0 unspecified atom stereocenters. The van der Waals surface area contributed by atoms with Crippen LogP contribution in [0.1, 0.15) is 33.9 Å². The second-order valence-electron chi connectivity index (χ2n) is 6.94. The molecule has 3 heterocycles. The number of nitrogens with one attached hydrogen (secondary N) is 1. The van der Waals surface area contributed by atoms with Crippen molar-refractivity contribution < 1.29 is 9.18 Å². The van der Waals surface area contributed by atoms with E-state index in [1.165, 1.54) is 17.4 Å². The number of fused-ring (bicyclic) bond motifs is 1. The predicted molar refractivity (Wildman–Crippen MR) is 111 cm³/mol. The van der Waals surface area contributed by atoms with Crippen LogP contribution in [0, 0.1) is 17.7 Å². The van der Waals surface area contributed by atoms with Crippen LogP contribution in [-0.4, -0.2) is 42.0 Å². The summed E-state index contributed by atoms with van der Waals surface area (Å²) in [6, 6.07) is 6.72. The number of nitrogens with zero attached hydrogens (tertiary/aromatic N) is 2. The smallest absolute Gasteiger partial charge is 0.273 e. The molecule has 2 aromatic rings. The zero-order valence-electron chi connectivity index (χ0n) is 14.9. The van der Waals surface area contributed by atoms with E-state index in [1.54, 1.807) is 12.1 Å². The van der Waals surface area contributed by atoms with Crippen LogP contribution in [0.2, 0.25) is 0 Å². The lowest BCUT2D eigenvalue weighted by molar-refractivity contribution is 0.0753. The van der Waals surface area contributed by atoms with Crippen molar-refractivity contribution in [3.63, 3.8) is 0 Å². The Hall–Kier alpha value is -1.21. The number of hydrogen-bond acceptors (Lipinski definition) is 4. The van der Waals surface area contributed by atoms with Gasteiger partial charge in [-0.2, -0.15) is 0 Å². The number of aromatic nitrogens is 1. The van der Waals surface area contributed by atoms with Gasteiger partial charge in [0.05, 0.1) is 5.01 Å². The van der Waals surface area contributed by atoms with Crippen LogP contribution < -0.4 is 5.32 Å². The fraction of sp³-hybridized carbons (Fsp3) is 0.474. The first-order chi connectivity index (χ1) is 12.2. The molecule has 0 aliphatic carbocycles.